The van der Waals surface area contributed by atoms with E-state index in [0.29, 0.717) is 0 Å². The Labute approximate surface area is 123 Å². The van der Waals surface area contributed by atoms with Gasteiger partial charge in [-0.05, 0) is 58.0 Å². The molecule has 5 heteroatoms. The van der Waals surface area contributed by atoms with Crippen LogP contribution in [-0.2, 0) is 14.3 Å². The van der Waals surface area contributed by atoms with Gasteiger partial charge in [0, 0.05) is 6.08 Å². The van der Waals surface area contributed by atoms with Crippen molar-refractivity contribution in [3.8, 4) is 0 Å². The third-order valence-electron chi connectivity index (χ3n) is 2.28. The zero-order chi connectivity index (χ0) is 16.0. The lowest BCUT2D eigenvalue weighted by atomic mass is 10.2. The summed E-state index contributed by atoms with van der Waals surface area (Å²) in [6, 6.07) is 5.03. The van der Waals surface area contributed by atoms with E-state index in [-0.39, 0.29) is 5.56 Å². The summed E-state index contributed by atoms with van der Waals surface area (Å²) in [6.07, 6.45) is 2.04. The first-order chi connectivity index (χ1) is 9.67. The van der Waals surface area contributed by atoms with E-state index in [0.717, 1.165) is 0 Å². The summed E-state index contributed by atoms with van der Waals surface area (Å²) >= 11 is 0. The molecule has 21 heavy (non-hydrogen) atoms. The standard InChI is InChI=1S/C16H19FO4/c1-11(5-10-14(18)21-16(2,3)4)20-15(19)12-6-8-13(17)9-7-12/h5-11H,1-4H3/b10-5+. The number of benzene rings is 1. The highest BCUT2D eigenvalue weighted by molar-refractivity contribution is 5.89. The predicted molar refractivity (Wildman–Crippen MR) is 76.3 cm³/mol. The molecule has 0 N–H and O–H groups in total. The van der Waals surface area contributed by atoms with Crippen LogP contribution in [0.25, 0.3) is 0 Å². The van der Waals surface area contributed by atoms with E-state index < -0.39 is 29.5 Å². The van der Waals surface area contributed by atoms with Crippen molar-refractivity contribution in [3.05, 3.63) is 47.8 Å². The number of halogens is 1. The highest BCUT2D eigenvalue weighted by Crippen LogP contribution is 2.09. The van der Waals surface area contributed by atoms with Gasteiger partial charge >= 0.3 is 11.9 Å². The Kier molecular flexibility index (Phi) is 5.64. The van der Waals surface area contributed by atoms with E-state index in [2.05, 4.69) is 0 Å². The Hall–Kier alpha value is -2.17. The van der Waals surface area contributed by atoms with Crippen molar-refractivity contribution in [1.82, 2.24) is 0 Å². The molecule has 0 aromatic heterocycles. The van der Waals surface area contributed by atoms with Gasteiger partial charge in [-0.15, -0.1) is 0 Å². The van der Waals surface area contributed by atoms with Gasteiger partial charge in [0.2, 0.25) is 0 Å². The maximum atomic E-state index is 12.7. The number of ether oxygens (including phenoxy) is 2. The summed E-state index contributed by atoms with van der Waals surface area (Å²) in [7, 11) is 0. The van der Waals surface area contributed by atoms with Crippen LogP contribution in [0.15, 0.2) is 36.4 Å². The summed E-state index contributed by atoms with van der Waals surface area (Å²) in [5.41, 5.74) is -0.330. The summed E-state index contributed by atoms with van der Waals surface area (Å²) in [4.78, 5) is 23.2. The molecule has 0 heterocycles. The summed E-state index contributed by atoms with van der Waals surface area (Å²) in [5.74, 6) is -1.52. The molecule has 0 saturated heterocycles. The fourth-order valence-corrected chi connectivity index (χ4v) is 1.41. The first kappa shape index (κ1) is 16.9. The van der Waals surface area contributed by atoms with Gasteiger partial charge in [0.05, 0.1) is 5.56 Å². The minimum absolute atomic E-state index is 0.244. The summed E-state index contributed by atoms with van der Waals surface area (Å²) in [5, 5.41) is 0. The van der Waals surface area contributed by atoms with Gasteiger partial charge in [-0.2, -0.15) is 0 Å². The minimum Gasteiger partial charge on any atom is -0.457 e. The summed E-state index contributed by atoms with van der Waals surface area (Å²) < 4.78 is 22.9. The third kappa shape index (κ3) is 6.70. The smallest absolute Gasteiger partial charge is 0.338 e. The van der Waals surface area contributed by atoms with Gasteiger partial charge in [0.1, 0.15) is 17.5 Å². The lowest BCUT2D eigenvalue weighted by Crippen LogP contribution is -2.23. The van der Waals surface area contributed by atoms with E-state index >= 15 is 0 Å². The second kappa shape index (κ2) is 7.02. The van der Waals surface area contributed by atoms with Crippen LogP contribution in [0, 0.1) is 5.82 Å². The number of carbonyl (C=O) groups is 2. The fraction of sp³-hybridized carbons (Fsp3) is 0.375. The van der Waals surface area contributed by atoms with Crippen LogP contribution < -0.4 is 0 Å². The van der Waals surface area contributed by atoms with Crippen molar-refractivity contribution in [2.24, 2.45) is 0 Å². The number of hydrogen-bond acceptors (Lipinski definition) is 4. The Morgan fingerprint density at radius 2 is 1.76 bits per heavy atom. The number of hydrogen-bond donors (Lipinski definition) is 0. The first-order valence-corrected chi connectivity index (χ1v) is 6.55. The molecule has 0 amide bonds. The molecule has 1 rings (SSSR count). The zero-order valence-corrected chi connectivity index (χ0v) is 12.6. The SMILES string of the molecule is CC(/C=C/C(=O)OC(C)(C)C)OC(=O)c1ccc(F)cc1. The lowest BCUT2D eigenvalue weighted by Gasteiger charge is -2.18. The Morgan fingerprint density at radius 3 is 2.29 bits per heavy atom. The molecule has 0 saturated carbocycles. The van der Waals surface area contributed by atoms with Crippen LogP contribution in [0.3, 0.4) is 0 Å². The molecule has 114 valence electrons. The van der Waals surface area contributed by atoms with E-state index in [4.69, 9.17) is 9.47 Å². The maximum Gasteiger partial charge on any atom is 0.338 e. The molecular formula is C16H19FO4. The molecule has 1 aromatic carbocycles. The van der Waals surface area contributed by atoms with E-state index in [9.17, 15) is 14.0 Å². The van der Waals surface area contributed by atoms with Gasteiger partial charge in [-0.1, -0.05) is 0 Å². The van der Waals surface area contributed by atoms with Crippen molar-refractivity contribution in [3.63, 3.8) is 0 Å². The van der Waals surface area contributed by atoms with E-state index in [1.165, 1.54) is 36.4 Å². The van der Waals surface area contributed by atoms with Crippen LogP contribution in [0.1, 0.15) is 38.1 Å². The quantitative estimate of drug-likeness (QED) is 0.631. The molecule has 1 aromatic rings. The molecule has 1 atom stereocenters. The topological polar surface area (TPSA) is 52.6 Å². The average molecular weight is 294 g/mol. The number of esters is 2. The van der Waals surface area contributed by atoms with Crippen molar-refractivity contribution in [1.29, 1.82) is 0 Å². The van der Waals surface area contributed by atoms with Crippen molar-refractivity contribution in [2.45, 2.75) is 39.4 Å². The molecule has 0 spiro atoms. The van der Waals surface area contributed by atoms with Crippen LogP contribution in [0.2, 0.25) is 0 Å². The zero-order valence-electron chi connectivity index (χ0n) is 12.6. The van der Waals surface area contributed by atoms with Crippen LogP contribution >= 0.6 is 0 Å². The second-order valence-corrected chi connectivity index (χ2v) is 5.51. The van der Waals surface area contributed by atoms with Gasteiger partial charge in [-0.25, -0.2) is 14.0 Å². The van der Waals surface area contributed by atoms with Crippen molar-refractivity contribution in [2.75, 3.05) is 0 Å². The summed E-state index contributed by atoms with van der Waals surface area (Å²) in [6.45, 7) is 6.90. The lowest BCUT2D eigenvalue weighted by molar-refractivity contribution is -0.148. The Morgan fingerprint density at radius 1 is 1.19 bits per heavy atom. The van der Waals surface area contributed by atoms with Gasteiger partial charge in [0.25, 0.3) is 0 Å². The van der Waals surface area contributed by atoms with E-state index in [1.54, 1.807) is 27.7 Å². The molecule has 0 fully saturated rings. The molecule has 1 unspecified atom stereocenters. The van der Waals surface area contributed by atoms with Gasteiger partial charge in [-0.3, -0.25) is 0 Å². The van der Waals surface area contributed by atoms with Gasteiger partial charge in [0.15, 0.2) is 0 Å². The molecule has 0 aliphatic rings. The molecule has 4 nitrogen and oxygen atoms in total. The number of carbonyl (C=O) groups excluding carboxylic acids is 2. The maximum absolute atomic E-state index is 12.7. The predicted octanol–water partition coefficient (Wildman–Crippen LogP) is 3.27. The monoisotopic (exact) mass is 294 g/mol. The highest BCUT2D eigenvalue weighted by atomic mass is 19.1. The van der Waals surface area contributed by atoms with Crippen LogP contribution in [0.5, 0.6) is 0 Å². The Balaban J connectivity index is 2.53. The molecule has 0 aliphatic heterocycles. The van der Waals surface area contributed by atoms with E-state index in [1.807, 2.05) is 0 Å². The van der Waals surface area contributed by atoms with Crippen LogP contribution in [-0.4, -0.2) is 23.6 Å². The second-order valence-electron chi connectivity index (χ2n) is 5.51. The number of rotatable bonds is 4. The normalized spacial score (nSPS) is 13.0. The van der Waals surface area contributed by atoms with Crippen molar-refractivity contribution < 1.29 is 23.5 Å². The average Bonchev–Trinajstić information content (AvgIpc) is 2.35. The van der Waals surface area contributed by atoms with Gasteiger partial charge < -0.3 is 9.47 Å². The fourth-order valence-electron chi connectivity index (χ4n) is 1.41. The molecular weight excluding hydrogens is 275 g/mol. The Bertz CT molecular complexity index is 526. The first-order valence-electron chi connectivity index (χ1n) is 6.55. The van der Waals surface area contributed by atoms with Crippen LogP contribution in [0.4, 0.5) is 4.39 Å². The largest absolute Gasteiger partial charge is 0.457 e. The van der Waals surface area contributed by atoms with Crippen molar-refractivity contribution >= 4 is 11.9 Å². The third-order valence-corrected chi connectivity index (χ3v) is 2.28. The minimum atomic E-state index is -0.602. The molecule has 0 radical (unpaired) electrons. The molecule has 0 bridgehead atoms. The molecule has 0 aliphatic carbocycles. The highest BCUT2D eigenvalue weighted by Gasteiger charge is 2.15.